The fourth-order valence-corrected chi connectivity index (χ4v) is 2.65. The lowest BCUT2D eigenvalue weighted by Gasteiger charge is -2.13. The maximum absolute atomic E-state index is 11.8. The number of ether oxygens (including phenoxy) is 2. The fraction of sp³-hybridized carbons (Fsp3) is 0.318. The first kappa shape index (κ1) is 19.7. The zero-order valence-corrected chi connectivity index (χ0v) is 15.5. The van der Waals surface area contributed by atoms with E-state index in [0.717, 1.165) is 29.5 Å². The van der Waals surface area contributed by atoms with Crippen molar-refractivity contribution in [3.8, 4) is 16.9 Å². The van der Waals surface area contributed by atoms with E-state index in [1.807, 2.05) is 24.3 Å². The number of hydrogen-bond acceptors (Lipinski definition) is 4. The van der Waals surface area contributed by atoms with E-state index in [4.69, 9.17) is 14.6 Å². The quantitative estimate of drug-likeness (QED) is 0.539. The van der Waals surface area contributed by atoms with E-state index in [-0.39, 0.29) is 25.8 Å². The van der Waals surface area contributed by atoms with Gasteiger partial charge in [-0.25, -0.2) is 4.79 Å². The SMILES string of the molecule is C=C(C)C(=O)OCc1cc(CCC)ccc1-c1ccc(OCCO)cc1. The Labute approximate surface area is 155 Å². The number of aliphatic hydroxyl groups excluding tert-OH is 1. The van der Waals surface area contributed by atoms with Gasteiger partial charge in [-0.15, -0.1) is 0 Å². The van der Waals surface area contributed by atoms with E-state index < -0.39 is 0 Å². The molecule has 0 radical (unpaired) electrons. The summed E-state index contributed by atoms with van der Waals surface area (Å²) in [6.45, 7) is 7.87. The standard InChI is InChI=1S/C22H26O4/c1-4-5-17-6-11-21(19(14-17)15-26-22(24)16(2)3)18-7-9-20(10-8-18)25-13-12-23/h6-11,14,23H,2,4-5,12-13,15H2,1,3H3. The normalized spacial score (nSPS) is 10.4. The largest absolute Gasteiger partial charge is 0.491 e. The van der Waals surface area contributed by atoms with Crippen LogP contribution in [0.1, 0.15) is 31.4 Å². The molecule has 0 fully saturated rings. The second-order valence-corrected chi connectivity index (χ2v) is 6.19. The van der Waals surface area contributed by atoms with Gasteiger partial charge in [0.05, 0.1) is 6.61 Å². The average molecular weight is 354 g/mol. The zero-order valence-electron chi connectivity index (χ0n) is 15.5. The van der Waals surface area contributed by atoms with Gasteiger partial charge in [-0.3, -0.25) is 0 Å². The molecule has 2 rings (SSSR count). The van der Waals surface area contributed by atoms with Gasteiger partial charge in [-0.2, -0.15) is 0 Å². The first-order valence-corrected chi connectivity index (χ1v) is 8.83. The number of carbonyl (C=O) groups is 1. The van der Waals surface area contributed by atoms with Crippen LogP contribution in [0.4, 0.5) is 0 Å². The smallest absolute Gasteiger partial charge is 0.333 e. The van der Waals surface area contributed by atoms with Crippen molar-refractivity contribution in [1.82, 2.24) is 0 Å². The Kier molecular flexibility index (Phi) is 7.42. The number of aryl methyl sites for hydroxylation is 1. The van der Waals surface area contributed by atoms with Gasteiger partial charge < -0.3 is 14.6 Å². The number of hydrogen-bond donors (Lipinski definition) is 1. The summed E-state index contributed by atoms with van der Waals surface area (Å²) in [6, 6.07) is 13.9. The van der Waals surface area contributed by atoms with Crippen LogP contribution in [0, 0.1) is 0 Å². The number of benzene rings is 2. The predicted octanol–water partition coefficient (Wildman–Crippen LogP) is 4.30. The minimum Gasteiger partial charge on any atom is -0.491 e. The summed E-state index contributed by atoms with van der Waals surface area (Å²) in [4.78, 5) is 11.8. The number of rotatable bonds is 9. The van der Waals surface area contributed by atoms with Gasteiger partial charge >= 0.3 is 5.97 Å². The molecule has 1 N–H and O–H groups in total. The van der Waals surface area contributed by atoms with Crippen LogP contribution in [0.2, 0.25) is 0 Å². The average Bonchev–Trinajstić information content (AvgIpc) is 2.65. The lowest BCUT2D eigenvalue weighted by molar-refractivity contribution is -0.140. The summed E-state index contributed by atoms with van der Waals surface area (Å²) in [5.74, 6) is 0.324. The third-order valence-corrected chi connectivity index (χ3v) is 3.94. The van der Waals surface area contributed by atoms with Gasteiger partial charge in [0.15, 0.2) is 0 Å². The summed E-state index contributed by atoms with van der Waals surface area (Å²) in [5, 5.41) is 8.84. The molecule has 0 spiro atoms. The number of aliphatic hydroxyl groups is 1. The summed E-state index contributed by atoms with van der Waals surface area (Å²) in [7, 11) is 0. The summed E-state index contributed by atoms with van der Waals surface area (Å²) in [5.41, 5.74) is 4.62. The van der Waals surface area contributed by atoms with Crippen molar-refractivity contribution in [2.24, 2.45) is 0 Å². The highest BCUT2D eigenvalue weighted by molar-refractivity contribution is 5.87. The molecule has 0 saturated heterocycles. The monoisotopic (exact) mass is 354 g/mol. The Morgan fingerprint density at radius 2 is 1.88 bits per heavy atom. The molecule has 4 nitrogen and oxygen atoms in total. The van der Waals surface area contributed by atoms with Crippen molar-refractivity contribution in [1.29, 1.82) is 0 Å². The Hall–Kier alpha value is -2.59. The predicted molar refractivity (Wildman–Crippen MR) is 103 cm³/mol. The molecule has 0 aliphatic carbocycles. The zero-order chi connectivity index (χ0) is 18.9. The summed E-state index contributed by atoms with van der Waals surface area (Å²) in [6.07, 6.45) is 2.04. The third kappa shape index (κ3) is 5.46. The molecule has 0 heterocycles. The number of esters is 1. The minimum absolute atomic E-state index is 0.0150. The molecule has 0 amide bonds. The highest BCUT2D eigenvalue weighted by Crippen LogP contribution is 2.28. The lowest BCUT2D eigenvalue weighted by Crippen LogP contribution is -2.06. The Bertz CT molecular complexity index is 747. The van der Waals surface area contributed by atoms with E-state index in [1.54, 1.807) is 6.92 Å². The maximum atomic E-state index is 11.8. The van der Waals surface area contributed by atoms with Crippen LogP contribution in [-0.2, 0) is 22.6 Å². The highest BCUT2D eigenvalue weighted by atomic mass is 16.5. The Morgan fingerprint density at radius 1 is 1.15 bits per heavy atom. The van der Waals surface area contributed by atoms with Gasteiger partial charge in [0, 0.05) is 5.57 Å². The van der Waals surface area contributed by atoms with Crippen molar-refractivity contribution < 1.29 is 19.4 Å². The molecule has 2 aromatic rings. The number of carbonyl (C=O) groups excluding carboxylic acids is 1. The fourth-order valence-electron chi connectivity index (χ4n) is 2.65. The van der Waals surface area contributed by atoms with Gasteiger partial charge in [0.2, 0.25) is 0 Å². The molecule has 138 valence electrons. The van der Waals surface area contributed by atoms with Crippen LogP contribution in [0.5, 0.6) is 5.75 Å². The summed E-state index contributed by atoms with van der Waals surface area (Å²) >= 11 is 0. The molecule has 0 aliphatic rings. The first-order valence-electron chi connectivity index (χ1n) is 8.83. The molecule has 0 aliphatic heterocycles. The van der Waals surface area contributed by atoms with Crippen molar-refractivity contribution in [3.63, 3.8) is 0 Å². The molecule has 0 unspecified atom stereocenters. The Balaban J connectivity index is 2.27. The second kappa shape index (κ2) is 9.78. The van der Waals surface area contributed by atoms with Crippen molar-refractivity contribution in [2.45, 2.75) is 33.3 Å². The molecule has 0 saturated carbocycles. The van der Waals surface area contributed by atoms with Crippen LogP contribution in [0.15, 0.2) is 54.6 Å². The minimum atomic E-state index is -0.385. The van der Waals surface area contributed by atoms with Gasteiger partial charge in [0.25, 0.3) is 0 Å². The second-order valence-electron chi connectivity index (χ2n) is 6.19. The van der Waals surface area contributed by atoms with E-state index in [1.165, 1.54) is 5.56 Å². The molecule has 0 atom stereocenters. The van der Waals surface area contributed by atoms with E-state index in [9.17, 15) is 4.79 Å². The molecule has 2 aromatic carbocycles. The van der Waals surface area contributed by atoms with Gasteiger partial charge in [0.1, 0.15) is 19.0 Å². The van der Waals surface area contributed by atoms with Crippen LogP contribution >= 0.6 is 0 Å². The van der Waals surface area contributed by atoms with Crippen molar-refractivity contribution in [2.75, 3.05) is 13.2 Å². The maximum Gasteiger partial charge on any atom is 0.333 e. The molecule has 4 heteroatoms. The van der Waals surface area contributed by atoms with Crippen molar-refractivity contribution in [3.05, 3.63) is 65.7 Å². The van der Waals surface area contributed by atoms with Gasteiger partial charge in [-0.1, -0.05) is 50.3 Å². The van der Waals surface area contributed by atoms with E-state index in [0.29, 0.717) is 11.3 Å². The first-order chi connectivity index (χ1) is 12.5. The van der Waals surface area contributed by atoms with Crippen molar-refractivity contribution >= 4 is 5.97 Å². The van der Waals surface area contributed by atoms with Crippen LogP contribution in [0.25, 0.3) is 11.1 Å². The third-order valence-electron chi connectivity index (χ3n) is 3.94. The van der Waals surface area contributed by atoms with Crippen LogP contribution in [0.3, 0.4) is 0 Å². The van der Waals surface area contributed by atoms with Gasteiger partial charge in [-0.05, 0) is 47.7 Å². The van der Waals surface area contributed by atoms with Crippen LogP contribution in [-0.4, -0.2) is 24.3 Å². The molecule has 0 aromatic heterocycles. The Morgan fingerprint density at radius 3 is 2.50 bits per heavy atom. The molecular formula is C22H26O4. The lowest BCUT2D eigenvalue weighted by atomic mass is 9.96. The van der Waals surface area contributed by atoms with E-state index in [2.05, 4.69) is 31.7 Å². The topological polar surface area (TPSA) is 55.8 Å². The molecule has 26 heavy (non-hydrogen) atoms. The molecule has 0 bridgehead atoms. The molecular weight excluding hydrogens is 328 g/mol. The van der Waals surface area contributed by atoms with E-state index >= 15 is 0 Å². The summed E-state index contributed by atoms with van der Waals surface area (Å²) < 4.78 is 10.8. The van der Waals surface area contributed by atoms with Crippen LogP contribution < -0.4 is 4.74 Å². The highest BCUT2D eigenvalue weighted by Gasteiger charge is 2.10.